The molecule has 0 saturated carbocycles. The zero-order chi connectivity index (χ0) is 17.4. The van der Waals surface area contributed by atoms with Crippen LogP contribution in [0.25, 0.3) is 0 Å². The van der Waals surface area contributed by atoms with E-state index >= 15 is 0 Å². The van der Waals surface area contributed by atoms with Gasteiger partial charge in [-0.2, -0.15) is 4.31 Å². The molecule has 25 heavy (non-hydrogen) atoms. The van der Waals surface area contributed by atoms with E-state index in [0.717, 1.165) is 5.56 Å². The summed E-state index contributed by atoms with van der Waals surface area (Å²) >= 11 is 6.11. The number of sulfonamides is 1. The molecule has 0 atom stereocenters. The number of guanidine groups is 1. The van der Waals surface area contributed by atoms with E-state index in [2.05, 4.69) is 15.6 Å². The van der Waals surface area contributed by atoms with E-state index in [9.17, 15) is 8.42 Å². The Balaban J connectivity index is 0.00000312. The average Bonchev–Trinajstić information content (AvgIpc) is 2.60. The van der Waals surface area contributed by atoms with Crippen molar-refractivity contribution in [2.75, 3.05) is 45.6 Å². The van der Waals surface area contributed by atoms with Gasteiger partial charge in [-0.3, -0.25) is 4.99 Å². The molecule has 0 aromatic heterocycles. The highest BCUT2D eigenvalue weighted by molar-refractivity contribution is 14.0. The van der Waals surface area contributed by atoms with Gasteiger partial charge in [-0.05, 0) is 11.6 Å². The Hall–Kier alpha value is -0.620. The second-order valence-electron chi connectivity index (χ2n) is 5.27. The van der Waals surface area contributed by atoms with Gasteiger partial charge in [-0.1, -0.05) is 29.8 Å². The summed E-state index contributed by atoms with van der Waals surface area (Å²) in [5, 5.41) is 6.81. The number of nitrogens with zero attached hydrogens (tertiary/aromatic N) is 2. The molecule has 2 rings (SSSR count). The maximum absolute atomic E-state index is 12.2. The molecule has 142 valence electrons. The first-order valence-electron chi connectivity index (χ1n) is 7.76. The van der Waals surface area contributed by atoms with Gasteiger partial charge in [0, 0.05) is 38.2 Å². The maximum Gasteiger partial charge on any atom is 0.215 e. The quantitative estimate of drug-likeness (QED) is 0.348. The van der Waals surface area contributed by atoms with Gasteiger partial charge in [0.2, 0.25) is 10.0 Å². The lowest BCUT2D eigenvalue weighted by atomic mass is 10.2. The zero-order valence-corrected chi connectivity index (χ0v) is 18.0. The number of rotatable bonds is 6. The highest BCUT2D eigenvalue weighted by Gasteiger charge is 2.23. The molecule has 1 aliphatic rings. The average molecular weight is 503 g/mol. The van der Waals surface area contributed by atoms with Crippen molar-refractivity contribution in [3.05, 3.63) is 34.9 Å². The SMILES string of the molecule is CN=C(NCCS(=O)(=O)N1CCOCC1)NCc1ccccc1Cl.I. The van der Waals surface area contributed by atoms with Crippen molar-refractivity contribution >= 4 is 51.6 Å². The fraction of sp³-hybridized carbons (Fsp3) is 0.533. The third kappa shape index (κ3) is 7.26. The van der Waals surface area contributed by atoms with Crippen molar-refractivity contribution in [3.63, 3.8) is 0 Å². The Bertz CT molecular complexity index is 666. The van der Waals surface area contributed by atoms with Crippen LogP contribution in [-0.2, 0) is 21.3 Å². The summed E-state index contributed by atoms with van der Waals surface area (Å²) in [5.74, 6) is 0.548. The second kappa shape index (κ2) is 11.2. The van der Waals surface area contributed by atoms with Crippen molar-refractivity contribution < 1.29 is 13.2 Å². The molecule has 0 amide bonds. The van der Waals surface area contributed by atoms with Crippen LogP contribution in [0.2, 0.25) is 5.02 Å². The van der Waals surface area contributed by atoms with E-state index < -0.39 is 10.0 Å². The Morgan fingerprint density at radius 3 is 2.60 bits per heavy atom. The smallest absolute Gasteiger partial charge is 0.215 e. The minimum Gasteiger partial charge on any atom is -0.379 e. The second-order valence-corrected chi connectivity index (χ2v) is 7.77. The summed E-state index contributed by atoms with van der Waals surface area (Å²) in [7, 11) is -1.64. The normalized spacial score (nSPS) is 16.2. The van der Waals surface area contributed by atoms with Crippen LogP contribution in [0.4, 0.5) is 0 Å². The first kappa shape index (κ1) is 22.4. The molecular formula is C15H24ClIN4O3S. The minimum atomic E-state index is -3.27. The molecule has 2 N–H and O–H groups in total. The summed E-state index contributed by atoms with van der Waals surface area (Å²) in [6.07, 6.45) is 0. The van der Waals surface area contributed by atoms with Gasteiger partial charge in [0.25, 0.3) is 0 Å². The molecule has 0 spiro atoms. The number of morpholine rings is 1. The lowest BCUT2D eigenvalue weighted by Gasteiger charge is -2.26. The lowest BCUT2D eigenvalue weighted by Crippen LogP contribution is -2.45. The van der Waals surface area contributed by atoms with Gasteiger partial charge >= 0.3 is 0 Å². The van der Waals surface area contributed by atoms with Gasteiger partial charge in [-0.25, -0.2) is 8.42 Å². The fourth-order valence-electron chi connectivity index (χ4n) is 2.29. The van der Waals surface area contributed by atoms with Crippen LogP contribution in [0, 0.1) is 0 Å². The van der Waals surface area contributed by atoms with Crippen LogP contribution < -0.4 is 10.6 Å². The summed E-state index contributed by atoms with van der Waals surface area (Å²) in [6.45, 7) is 2.53. The molecule has 1 aliphatic heterocycles. The topological polar surface area (TPSA) is 83.0 Å². The fourth-order valence-corrected chi connectivity index (χ4v) is 3.82. The largest absolute Gasteiger partial charge is 0.379 e. The van der Waals surface area contributed by atoms with Crippen molar-refractivity contribution in [2.45, 2.75) is 6.54 Å². The Morgan fingerprint density at radius 2 is 1.96 bits per heavy atom. The van der Waals surface area contributed by atoms with Gasteiger partial charge < -0.3 is 15.4 Å². The minimum absolute atomic E-state index is 0. The Morgan fingerprint density at radius 1 is 1.28 bits per heavy atom. The molecule has 1 aromatic rings. The molecular weight excluding hydrogens is 479 g/mol. The van der Waals surface area contributed by atoms with Crippen LogP contribution in [0.3, 0.4) is 0 Å². The van der Waals surface area contributed by atoms with Crippen molar-refractivity contribution in [1.29, 1.82) is 0 Å². The summed E-state index contributed by atoms with van der Waals surface area (Å²) in [4.78, 5) is 4.09. The summed E-state index contributed by atoms with van der Waals surface area (Å²) < 4.78 is 31.1. The Kier molecular flexibility index (Phi) is 10.0. The third-order valence-corrected chi connectivity index (χ3v) is 5.88. The van der Waals surface area contributed by atoms with Gasteiger partial charge in [0.05, 0.1) is 19.0 Å². The predicted octanol–water partition coefficient (Wildman–Crippen LogP) is 1.29. The van der Waals surface area contributed by atoms with E-state index in [1.54, 1.807) is 7.05 Å². The number of hydrogen-bond donors (Lipinski definition) is 2. The number of ether oxygens (including phenoxy) is 1. The highest BCUT2D eigenvalue weighted by Crippen LogP contribution is 2.14. The van der Waals surface area contributed by atoms with Crippen LogP contribution in [0.15, 0.2) is 29.3 Å². The zero-order valence-electron chi connectivity index (χ0n) is 14.1. The number of halogens is 2. The van der Waals surface area contributed by atoms with Gasteiger partial charge in [0.15, 0.2) is 5.96 Å². The van der Waals surface area contributed by atoms with E-state index in [-0.39, 0.29) is 36.3 Å². The Labute approximate surface area is 171 Å². The standard InChI is InChI=1S/C15H23ClN4O3S.HI/c1-17-15(19-12-13-4-2-3-5-14(13)16)18-6-11-24(21,22)20-7-9-23-10-8-20;/h2-5H,6-12H2,1H3,(H2,17,18,19);1H. The summed E-state index contributed by atoms with van der Waals surface area (Å²) in [6, 6.07) is 7.53. The van der Waals surface area contributed by atoms with E-state index in [4.69, 9.17) is 16.3 Å². The monoisotopic (exact) mass is 502 g/mol. The van der Waals surface area contributed by atoms with Gasteiger partial charge in [0.1, 0.15) is 0 Å². The molecule has 0 aliphatic carbocycles. The first-order valence-corrected chi connectivity index (χ1v) is 9.75. The molecule has 0 radical (unpaired) electrons. The van der Waals surface area contributed by atoms with E-state index in [0.29, 0.717) is 43.8 Å². The molecule has 1 heterocycles. The summed E-state index contributed by atoms with van der Waals surface area (Å²) in [5.41, 5.74) is 0.947. The van der Waals surface area contributed by atoms with Crippen LogP contribution in [-0.4, -0.2) is 64.3 Å². The molecule has 0 bridgehead atoms. The van der Waals surface area contributed by atoms with Gasteiger partial charge in [-0.15, -0.1) is 24.0 Å². The molecule has 0 unspecified atom stereocenters. The first-order chi connectivity index (χ1) is 11.5. The number of aliphatic imine (C=N–C) groups is 1. The molecule has 1 fully saturated rings. The highest BCUT2D eigenvalue weighted by atomic mass is 127. The van der Waals surface area contributed by atoms with Crippen molar-refractivity contribution in [2.24, 2.45) is 4.99 Å². The maximum atomic E-state index is 12.2. The number of hydrogen-bond acceptors (Lipinski definition) is 4. The van der Waals surface area contributed by atoms with E-state index in [1.807, 2.05) is 24.3 Å². The van der Waals surface area contributed by atoms with E-state index in [1.165, 1.54) is 4.31 Å². The predicted molar refractivity (Wildman–Crippen MR) is 111 cm³/mol. The van der Waals surface area contributed by atoms with Crippen molar-refractivity contribution in [3.8, 4) is 0 Å². The molecule has 1 saturated heterocycles. The number of nitrogens with one attached hydrogen (secondary N) is 2. The molecule has 10 heteroatoms. The van der Waals surface area contributed by atoms with Crippen LogP contribution in [0.1, 0.15) is 5.56 Å². The van der Waals surface area contributed by atoms with Crippen molar-refractivity contribution in [1.82, 2.24) is 14.9 Å². The third-order valence-electron chi connectivity index (χ3n) is 3.64. The van der Waals surface area contributed by atoms with Crippen LogP contribution >= 0.6 is 35.6 Å². The van der Waals surface area contributed by atoms with Crippen LogP contribution in [0.5, 0.6) is 0 Å². The molecule has 1 aromatic carbocycles. The lowest BCUT2D eigenvalue weighted by molar-refractivity contribution is 0.0730. The number of benzene rings is 1. The molecule has 7 nitrogen and oxygen atoms in total.